The van der Waals surface area contributed by atoms with Gasteiger partial charge in [-0.05, 0) is 60.7 Å². The number of amides is 1. The van der Waals surface area contributed by atoms with E-state index >= 15 is 0 Å². The van der Waals surface area contributed by atoms with Gasteiger partial charge in [-0.3, -0.25) is 9.78 Å². The van der Waals surface area contributed by atoms with E-state index < -0.39 is 11.9 Å². The highest BCUT2D eigenvalue weighted by atomic mass is 32.2. The Morgan fingerprint density at radius 1 is 1.11 bits per heavy atom. The molecule has 6 nitrogen and oxygen atoms in total. The van der Waals surface area contributed by atoms with Crippen molar-refractivity contribution in [1.29, 1.82) is 0 Å². The average Bonchev–Trinajstić information content (AvgIpc) is 3.53. The molecule has 1 aliphatic heterocycles. The fourth-order valence-electron chi connectivity index (χ4n) is 4.13. The van der Waals surface area contributed by atoms with E-state index in [-0.39, 0.29) is 18.6 Å². The van der Waals surface area contributed by atoms with Gasteiger partial charge in [-0.2, -0.15) is 13.2 Å². The van der Waals surface area contributed by atoms with Crippen LogP contribution in [0.1, 0.15) is 29.7 Å². The lowest BCUT2D eigenvalue weighted by Gasteiger charge is -2.21. The maximum atomic E-state index is 13.0. The number of rotatable bonds is 8. The number of benzene rings is 2. The molecule has 0 saturated carbocycles. The first-order valence-corrected chi connectivity index (χ1v) is 12.6. The zero-order chi connectivity index (χ0) is 25.8. The molecular weight excluding hydrogens is 503 g/mol. The van der Waals surface area contributed by atoms with Gasteiger partial charge in [0.05, 0.1) is 6.04 Å². The third-order valence-electron chi connectivity index (χ3n) is 6.00. The number of aromatic nitrogens is 1. The van der Waals surface area contributed by atoms with E-state index in [1.54, 1.807) is 18.2 Å². The lowest BCUT2D eigenvalue weighted by atomic mass is 10.2. The van der Waals surface area contributed by atoms with Crippen molar-refractivity contribution >= 4 is 28.8 Å². The molecule has 1 fully saturated rings. The lowest BCUT2D eigenvalue weighted by Crippen LogP contribution is -2.40. The quantitative estimate of drug-likeness (QED) is 0.275. The molecule has 0 aliphatic carbocycles. The van der Waals surface area contributed by atoms with Crippen molar-refractivity contribution in [3.63, 3.8) is 0 Å². The van der Waals surface area contributed by atoms with Crippen LogP contribution >= 0.6 is 11.9 Å². The molecule has 1 atom stereocenters. The van der Waals surface area contributed by atoms with Gasteiger partial charge in [-0.15, -0.1) is 0 Å². The zero-order valence-electron chi connectivity index (χ0n) is 19.7. The minimum Gasteiger partial charge on any atom is -0.489 e. The van der Waals surface area contributed by atoms with Crippen LogP contribution in [0, 0.1) is 0 Å². The number of para-hydroxylation sites is 1. The second-order valence-electron chi connectivity index (χ2n) is 8.70. The SMILES string of the molecule is O=C(NCc1cccc(OCc2ccc(C(F)(F)F)nc2)c1)C1CCCN1Sc1cc2ccccc2o1. The third kappa shape index (κ3) is 6.26. The minimum atomic E-state index is -4.47. The number of carbonyl (C=O) groups excluding carboxylic acids is 1. The molecule has 1 N–H and O–H groups in total. The van der Waals surface area contributed by atoms with Crippen LogP contribution in [0.2, 0.25) is 0 Å². The normalized spacial score (nSPS) is 16.2. The van der Waals surface area contributed by atoms with Crippen LogP contribution in [-0.2, 0) is 24.1 Å². The molecule has 2 aromatic carbocycles. The van der Waals surface area contributed by atoms with Crippen molar-refractivity contribution < 1.29 is 27.1 Å². The third-order valence-corrected chi connectivity index (χ3v) is 7.06. The number of hydrogen-bond acceptors (Lipinski definition) is 6. The lowest BCUT2D eigenvalue weighted by molar-refractivity contribution is -0.141. The topological polar surface area (TPSA) is 67.6 Å². The first-order chi connectivity index (χ1) is 17.8. The van der Waals surface area contributed by atoms with E-state index in [9.17, 15) is 18.0 Å². The summed E-state index contributed by atoms with van der Waals surface area (Å²) in [6.45, 7) is 1.20. The average molecular weight is 528 g/mol. The van der Waals surface area contributed by atoms with E-state index in [1.807, 2.05) is 36.4 Å². The van der Waals surface area contributed by atoms with Crippen molar-refractivity contribution in [2.75, 3.05) is 6.54 Å². The van der Waals surface area contributed by atoms with Gasteiger partial charge in [-0.25, -0.2) is 4.31 Å². The predicted octanol–water partition coefficient (Wildman–Crippen LogP) is 6.21. The number of furan rings is 1. The van der Waals surface area contributed by atoms with Gasteiger partial charge in [0.25, 0.3) is 0 Å². The molecule has 0 bridgehead atoms. The molecule has 10 heteroatoms. The zero-order valence-corrected chi connectivity index (χ0v) is 20.5. The Balaban J connectivity index is 1.14. The number of nitrogens with one attached hydrogen (secondary N) is 1. The van der Waals surface area contributed by atoms with Crippen LogP contribution in [0.4, 0.5) is 13.2 Å². The van der Waals surface area contributed by atoms with E-state index in [0.29, 0.717) is 17.9 Å². The molecule has 0 radical (unpaired) electrons. The van der Waals surface area contributed by atoms with Gasteiger partial charge in [0.15, 0.2) is 5.09 Å². The molecule has 2 aromatic heterocycles. The van der Waals surface area contributed by atoms with Crippen LogP contribution in [0.5, 0.6) is 5.75 Å². The summed E-state index contributed by atoms with van der Waals surface area (Å²) in [4.78, 5) is 16.4. The number of nitrogens with zero attached hydrogens (tertiary/aromatic N) is 2. The summed E-state index contributed by atoms with van der Waals surface area (Å²) in [5.74, 6) is 0.498. The first kappa shape index (κ1) is 25.2. The van der Waals surface area contributed by atoms with Crippen LogP contribution in [0.15, 0.2) is 82.4 Å². The number of pyridine rings is 1. The maximum Gasteiger partial charge on any atom is 0.433 e. The molecule has 0 spiro atoms. The molecule has 1 amide bonds. The Morgan fingerprint density at radius 2 is 1.97 bits per heavy atom. The van der Waals surface area contributed by atoms with Gasteiger partial charge in [0.1, 0.15) is 23.6 Å². The number of hydrogen-bond donors (Lipinski definition) is 1. The van der Waals surface area contributed by atoms with Crippen molar-refractivity contribution in [3.05, 3.63) is 89.7 Å². The highest BCUT2D eigenvalue weighted by Gasteiger charge is 2.33. The van der Waals surface area contributed by atoms with Gasteiger partial charge in [0.2, 0.25) is 5.91 Å². The number of halogens is 3. The summed E-state index contributed by atoms with van der Waals surface area (Å²) >= 11 is 1.46. The van der Waals surface area contributed by atoms with Gasteiger partial charge in [0, 0.05) is 30.2 Å². The summed E-state index contributed by atoms with van der Waals surface area (Å²) < 4.78 is 51.7. The Hall–Kier alpha value is -3.50. The molecule has 4 aromatic rings. The minimum absolute atomic E-state index is 0.0525. The molecule has 1 saturated heterocycles. The van der Waals surface area contributed by atoms with E-state index in [0.717, 1.165) is 53.3 Å². The largest absolute Gasteiger partial charge is 0.489 e. The second kappa shape index (κ2) is 10.9. The Bertz CT molecular complexity index is 1340. The van der Waals surface area contributed by atoms with Crippen LogP contribution in [-0.4, -0.2) is 27.8 Å². The second-order valence-corrected chi connectivity index (χ2v) is 9.75. The van der Waals surface area contributed by atoms with Gasteiger partial charge >= 0.3 is 6.18 Å². The summed E-state index contributed by atoms with van der Waals surface area (Å²) in [6, 6.07) is 19.1. The van der Waals surface area contributed by atoms with Crippen molar-refractivity contribution in [2.45, 2.75) is 43.3 Å². The van der Waals surface area contributed by atoms with Gasteiger partial charge < -0.3 is 14.5 Å². The highest BCUT2D eigenvalue weighted by Crippen LogP contribution is 2.34. The fraction of sp³-hybridized carbons (Fsp3) is 0.259. The predicted molar refractivity (Wildman–Crippen MR) is 134 cm³/mol. The fourth-order valence-corrected chi connectivity index (χ4v) is 5.21. The molecule has 1 aliphatic rings. The summed E-state index contributed by atoms with van der Waals surface area (Å²) in [5.41, 5.74) is 1.26. The molecular formula is C27H24F3N3O3S. The molecule has 192 valence electrons. The molecule has 37 heavy (non-hydrogen) atoms. The maximum absolute atomic E-state index is 13.0. The standard InChI is InChI=1S/C27H24F3N3O3S/c28-27(29,30)24-11-10-19(16-31-24)17-35-21-7-3-5-18(13-21)15-32-26(34)22-8-4-12-33(22)37-25-14-20-6-1-2-9-23(20)36-25/h1-3,5-7,9-11,13-14,16,22H,4,8,12,15,17H2,(H,32,34). The monoisotopic (exact) mass is 527 g/mol. The smallest absolute Gasteiger partial charge is 0.433 e. The van der Waals surface area contributed by atoms with E-state index in [4.69, 9.17) is 9.15 Å². The Labute approximate surface area is 215 Å². The number of carbonyl (C=O) groups is 1. The van der Waals surface area contributed by atoms with Crippen molar-refractivity contribution in [3.8, 4) is 5.75 Å². The number of alkyl halides is 3. The summed E-state index contributed by atoms with van der Waals surface area (Å²) in [7, 11) is 0. The van der Waals surface area contributed by atoms with E-state index in [2.05, 4.69) is 14.6 Å². The molecule has 1 unspecified atom stereocenters. The van der Waals surface area contributed by atoms with Crippen LogP contribution < -0.4 is 10.1 Å². The molecule has 5 rings (SSSR count). The molecule has 3 heterocycles. The highest BCUT2D eigenvalue weighted by molar-refractivity contribution is 7.97. The van der Waals surface area contributed by atoms with Crippen molar-refractivity contribution in [2.24, 2.45) is 0 Å². The summed E-state index contributed by atoms with van der Waals surface area (Å²) in [6.07, 6.45) is -1.62. The van der Waals surface area contributed by atoms with Crippen LogP contribution in [0.25, 0.3) is 11.0 Å². The van der Waals surface area contributed by atoms with E-state index in [1.165, 1.54) is 18.0 Å². The first-order valence-electron chi connectivity index (χ1n) is 11.8. The van der Waals surface area contributed by atoms with Gasteiger partial charge in [-0.1, -0.05) is 36.4 Å². The van der Waals surface area contributed by atoms with Crippen molar-refractivity contribution in [1.82, 2.24) is 14.6 Å². The number of fused-ring (bicyclic) bond motifs is 1. The van der Waals surface area contributed by atoms with Crippen LogP contribution in [0.3, 0.4) is 0 Å². The number of ether oxygens (including phenoxy) is 1. The Morgan fingerprint density at radius 3 is 2.76 bits per heavy atom. The Kier molecular flexibility index (Phi) is 7.38. The summed E-state index contributed by atoms with van der Waals surface area (Å²) in [5, 5.41) is 4.80.